The second kappa shape index (κ2) is 4.81. The van der Waals surface area contributed by atoms with Crippen LogP contribution < -0.4 is 4.74 Å². The SMILES string of the molecule is COc1cc(-c2nc(C(C)O)cs2)ccc1F. The van der Waals surface area contributed by atoms with Gasteiger partial charge in [0.05, 0.1) is 18.9 Å². The van der Waals surface area contributed by atoms with Crippen LogP contribution in [0.15, 0.2) is 23.6 Å². The Morgan fingerprint density at radius 3 is 2.82 bits per heavy atom. The van der Waals surface area contributed by atoms with Gasteiger partial charge in [-0.15, -0.1) is 11.3 Å². The van der Waals surface area contributed by atoms with E-state index in [9.17, 15) is 9.50 Å². The van der Waals surface area contributed by atoms with Crippen LogP contribution >= 0.6 is 11.3 Å². The molecule has 1 N–H and O–H groups in total. The van der Waals surface area contributed by atoms with Crippen molar-refractivity contribution in [3.63, 3.8) is 0 Å². The van der Waals surface area contributed by atoms with Crippen molar-refractivity contribution in [3.05, 3.63) is 35.1 Å². The van der Waals surface area contributed by atoms with E-state index in [0.29, 0.717) is 5.69 Å². The van der Waals surface area contributed by atoms with E-state index in [4.69, 9.17) is 4.74 Å². The molecule has 1 unspecified atom stereocenters. The van der Waals surface area contributed by atoms with Crippen LogP contribution in [0.3, 0.4) is 0 Å². The molecule has 5 heteroatoms. The number of aromatic nitrogens is 1. The zero-order chi connectivity index (χ0) is 12.4. The van der Waals surface area contributed by atoms with Crippen molar-refractivity contribution in [2.45, 2.75) is 13.0 Å². The maximum Gasteiger partial charge on any atom is 0.165 e. The molecule has 2 rings (SSSR count). The van der Waals surface area contributed by atoms with Gasteiger partial charge in [-0.1, -0.05) is 0 Å². The number of hydrogen-bond donors (Lipinski definition) is 1. The normalized spacial score (nSPS) is 12.5. The zero-order valence-electron chi connectivity index (χ0n) is 9.48. The first-order valence-electron chi connectivity index (χ1n) is 5.09. The molecule has 0 amide bonds. The summed E-state index contributed by atoms with van der Waals surface area (Å²) in [4.78, 5) is 4.28. The minimum Gasteiger partial charge on any atom is -0.494 e. The van der Waals surface area contributed by atoms with Crippen LogP contribution in [0.2, 0.25) is 0 Å². The number of hydrogen-bond acceptors (Lipinski definition) is 4. The second-order valence-electron chi connectivity index (χ2n) is 3.60. The Morgan fingerprint density at radius 1 is 1.47 bits per heavy atom. The number of halogens is 1. The highest BCUT2D eigenvalue weighted by Crippen LogP contribution is 2.29. The van der Waals surface area contributed by atoms with Crippen LogP contribution in [0.25, 0.3) is 10.6 Å². The highest BCUT2D eigenvalue weighted by atomic mass is 32.1. The smallest absolute Gasteiger partial charge is 0.165 e. The Bertz CT molecular complexity index is 525. The fraction of sp³-hybridized carbons (Fsp3) is 0.250. The van der Waals surface area contributed by atoms with E-state index in [-0.39, 0.29) is 5.75 Å². The lowest BCUT2D eigenvalue weighted by Crippen LogP contribution is -1.91. The van der Waals surface area contributed by atoms with Gasteiger partial charge in [-0.25, -0.2) is 9.37 Å². The van der Waals surface area contributed by atoms with E-state index >= 15 is 0 Å². The molecule has 3 nitrogen and oxygen atoms in total. The summed E-state index contributed by atoms with van der Waals surface area (Å²) >= 11 is 1.41. The number of methoxy groups -OCH3 is 1. The van der Waals surface area contributed by atoms with E-state index in [1.165, 1.54) is 24.5 Å². The Morgan fingerprint density at radius 2 is 2.24 bits per heavy atom. The summed E-state index contributed by atoms with van der Waals surface area (Å²) in [7, 11) is 1.42. The lowest BCUT2D eigenvalue weighted by molar-refractivity contribution is 0.195. The molecule has 0 aliphatic carbocycles. The average molecular weight is 253 g/mol. The van der Waals surface area contributed by atoms with Crippen LogP contribution in [0, 0.1) is 5.82 Å². The third-order valence-corrected chi connectivity index (χ3v) is 3.26. The topological polar surface area (TPSA) is 42.4 Å². The Labute approximate surface area is 103 Å². The van der Waals surface area contributed by atoms with Crippen LogP contribution in [0.4, 0.5) is 4.39 Å². The van der Waals surface area contributed by atoms with E-state index in [2.05, 4.69) is 4.98 Å². The highest BCUT2D eigenvalue weighted by molar-refractivity contribution is 7.13. The van der Waals surface area contributed by atoms with Gasteiger partial charge >= 0.3 is 0 Å². The maximum atomic E-state index is 13.2. The molecule has 0 aliphatic heterocycles. The molecule has 0 fully saturated rings. The number of nitrogens with zero attached hydrogens (tertiary/aromatic N) is 1. The first-order valence-corrected chi connectivity index (χ1v) is 5.97. The van der Waals surface area contributed by atoms with Crippen LogP contribution in [-0.2, 0) is 0 Å². The largest absolute Gasteiger partial charge is 0.494 e. The molecule has 17 heavy (non-hydrogen) atoms. The number of rotatable bonds is 3. The predicted molar refractivity (Wildman–Crippen MR) is 64.7 cm³/mol. The van der Waals surface area contributed by atoms with E-state index in [1.54, 1.807) is 24.4 Å². The van der Waals surface area contributed by atoms with Gasteiger partial charge in [0, 0.05) is 10.9 Å². The minimum atomic E-state index is -0.595. The molecule has 0 spiro atoms. The monoisotopic (exact) mass is 253 g/mol. The van der Waals surface area contributed by atoms with Crippen molar-refractivity contribution in [2.75, 3.05) is 7.11 Å². The molecule has 0 saturated heterocycles. The summed E-state index contributed by atoms with van der Waals surface area (Å²) in [5, 5.41) is 11.9. The van der Waals surface area contributed by atoms with E-state index < -0.39 is 11.9 Å². The molecular weight excluding hydrogens is 241 g/mol. The molecule has 2 aromatic rings. The quantitative estimate of drug-likeness (QED) is 0.914. The summed E-state index contributed by atoms with van der Waals surface area (Å²) in [6.45, 7) is 1.66. The van der Waals surface area contributed by atoms with Gasteiger partial charge in [0.1, 0.15) is 5.01 Å². The Kier molecular flexibility index (Phi) is 3.40. The summed E-state index contributed by atoms with van der Waals surface area (Å²) in [5.74, 6) is -0.208. The lowest BCUT2D eigenvalue weighted by Gasteiger charge is -2.03. The van der Waals surface area contributed by atoms with Crippen molar-refractivity contribution in [3.8, 4) is 16.3 Å². The minimum absolute atomic E-state index is 0.191. The molecule has 0 aliphatic rings. The molecule has 1 aromatic heterocycles. The van der Waals surface area contributed by atoms with Crippen LogP contribution in [0.1, 0.15) is 18.7 Å². The van der Waals surface area contributed by atoms with Gasteiger partial charge < -0.3 is 9.84 Å². The molecule has 0 bridgehead atoms. The fourth-order valence-electron chi connectivity index (χ4n) is 1.40. The highest BCUT2D eigenvalue weighted by Gasteiger charge is 2.10. The molecule has 1 atom stereocenters. The summed E-state index contributed by atoms with van der Waals surface area (Å²) in [6.07, 6.45) is -0.595. The van der Waals surface area contributed by atoms with Gasteiger partial charge in [0.25, 0.3) is 0 Å². The standard InChI is InChI=1S/C12H12FNO2S/c1-7(15)10-6-17-12(14-10)8-3-4-9(13)11(5-8)16-2/h3-7,15H,1-2H3. The Balaban J connectivity index is 2.38. The first-order chi connectivity index (χ1) is 8.11. The number of aliphatic hydroxyl groups excluding tert-OH is 1. The van der Waals surface area contributed by atoms with Crippen molar-refractivity contribution < 1.29 is 14.2 Å². The van der Waals surface area contributed by atoms with Gasteiger partial charge in [-0.3, -0.25) is 0 Å². The van der Waals surface area contributed by atoms with Crippen molar-refractivity contribution in [2.24, 2.45) is 0 Å². The van der Waals surface area contributed by atoms with E-state index in [1.807, 2.05) is 0 Å². The first kappa shape index (κ1) is 12.0. The maximum absolute atomic E-state index is 13.2. The number of ether oxygens (including phenoxy) is 1. The van der Waals surface area contributed by atoms with Gasteiger partial charge in [-0.05, 0) is 25.1 Å². The fourth-order valence-corrected chi connectivity index (χ4v) is 2.31. The van der Waals surface area contributed by atoms with E-state index in [0.717, 1.165) is 10.6 Å². The molecule has 0 saturated carbocycles. The second-order valence-corrected chi connectivity index (χ2v) is 4.46. The lowest BCUT2D eigenvalue weighted by atomic mass is 10.2. The van der Waals surface area contributed by atoms with Gasteiger partial charge in [-0.2, -0.15) is 0 Å². The molecule has 90 valence electrons. The molecular formula is C12H12FNO2S. The zero-order valence-corrected chi connectivity index (χ0v) is 10.3. The molecule has 1 aromatic carbocycles. The van der Waals surface area contributed by atoms with Crippen molar-refractivity contribution >= 4 is 11.3 Å². The summed E-state index contributed by atoms with van der Waals surface area (Å²) in [6, 6.07) is 4.58. The van der Waals surface area contributed by atoms with Crippen molar-refractivity contribution in [1.29, 1.82) is 0 Å². The number of thiazole rings is 1. The Hall–Kier alpha value is -1.46. The predicted octanol–water partition coefficient (Wildman–Crippen LogP) is 3.01. The number of aliphatic hydroxyl groups is 1. The average Bonchev–Trinajstić information content (AvgIpc) is 2.79. The summed E-state index contributed by atoms with van der Waals surface area (Å²) < 4.78 is 18.2. The van der Waals surface area contributed by atoms with Crippen LogP contribution in [-0.4, -0.2) is 17.2 Å². The van der Waals surface area contributed by atoms with Gasteiger partial charge in [0.2, 0.25) is 0 Å². The molecule has 1 heterocycles. The molecule has 0 radical (unpaired) electrons. The number of benzene rings is 1. The third kappa shape index (κ3) is 2.45. The van der Waals surface area contributed by atoms with Crippen LogP contribution in [0.5, 0.6) is 5.75 Å². The summed E-state index contributed by atoms with van der Waals surface area (Å²) in [5.41, 5.74) is 1.40. The van der Waals surface area contributed by atoms with Gasteiger partial charge in [0.15, 0.2) is 11.6 Å². The third-order valence-electron chi connectivity index (χ3n) is 2.35. The van der Waals surface area contributed by atoms with Crippen molar-refractivity contribution in [1.82, 2.24) is 4.98 Å².